The molecule has 1 aromatic heterocycles. The molecule has 3 aromatic rings. The predicted octanol–water partition coefficient (Wildman–Crippen LogP) is 4.93. The Kier molecular flexibility index (Phi) is 5.29. The maximum Gasteiger partial charge on any atom is 0.257 e. The Balaban J connectivity index is 1.72. The van der Waals surface area contributed by atoms with E-state index in [4.69, 9.17) is 11.6 Å². The molecule has 2 aromatic carbocycles. The fraction of sp³-hybridized carbons (Fsp3) is 0.0500. The van der Waals surface area contributed by atoms with Gasteiger partial charge in [-0.3, -0.25) is 14.6 Å². The highest BCUT2D eigenvalue weighted by molar-refractivity contribution is 6.30. The van der Waals surface area contributed by atoms with Crippen molar-refractivity contribution in [3.05, 3.63) is 83.1 Å². The van der Waals surface area contributed by atoms with E-state index in [-0.39, 0.29) is 11.7 Å². The molecular weight excluding hydrogens is 350 g/mol. The Labute approximate surface area is 156 Å². The van der Waals surface area contributed by atoms with Crippen molar-refractivity contribution in [2.24, 2.45) is 0 Å². The number of carbonyl (C=O) groups excluding carboxylic acids is 2. The Morgan fingerprint density at radius 1 is 0.846 bits per heavy atom. The molecule has 3 rings (SSSR count). The van der Waals surface area contributed by atoms with Crippen molar-refractivity contribution in [3.63, 3.8) is 0 Å². The van der Waals surface area contributed by atoms with Crippen molar-refractivity contribution in [2.45, 2.75) is 6.92 Å². The minimum Gasteiger partial charge on any atom is -0.354 e. The molecule has 130 valence electrons. The third-order valence-corrected chi connectivity index (χ3v) is 3.93. The minimum atomic E-state index is -0.268. The third-order valence-electron chi connectivity index (χ3n) is 3.68. The van der Waals surface area contributed by atoms with Crippen LogP contribution in [0.15, 0.2) is 67.0 Å². The van der Waals surface area contributed by atoms with E-state index in [2.05, 4.69) is 15.6 Å². The number of nitrogens with zero attached hydrogens (tertiary/aromatic N) is 1. The van der Waals surface area contributed by atoms with Crippen molar-refractivity contribution >= 4 is 40.4 Å². The molecule has 0 aliphatic rings. The number of carbonyl (C=O) groups is 2. The van der Waals surface area contributed by atoms with Gasteiger partial charge >= 0.3 is 0 Å². The number of halogens is 1. The van der Waals surface area contributed by atoms with Crippen LogP contribution in [0.3, 0.4) is 0 Å². The molecule has 1 heterocycles. The molecule has 2 N–H and O–H groups in total. The number of hydrogen-bond donors (Lipinski definition) is 2. The van der Waals surface area contributed by atoms with Crippen LogP contribution in [0.2, 0.25) is 5.02 Å². The summed E-state index contributed by atoms with van der Waals surface area (Å²) >= 11 is 5.84. The summed E-state index contributed by atoms with van der Waals surface area (Å²) in [6.45, 7) is 1.52. The summed E-state index contributed by atoms with van der Waals surface area (Å²) in [6, 6.07) is 15.7. The maximum atomic E-state index is 12.4. The smallest absolute Gasteiger partial charge is 0.257 e. The predicted molar refractivity (Wildman–Crippen MR) is 103 cm³/mol. The van der Waals surface area contributed by atoms with Crippen LogP contribution in [0.25, 0.3) is 0 Å². The molecule has 0 aliphatic carbocycles. The Morgan fingerprint density at radius 3 is 2.15 bits per heavy atom. The van der Waals surface area contributed by atoms with E-state index >= 15 is 0 Å². The fourth-order valence-corrected chi connectivity index (χ4v) is 2.45. The SMILES string of the molecule is CC(=O)c1ccc(Nc2cncc(C(=O)Nc3ccc(Cl)cc3)c2)cc1. The van der Waals surface area contributed by atoms with Gasteiger partial charge in [0.15, 0.2) is 5.78 Å². The van der Waals surface area contributed by atoms with E-state index < -0.39 is 0 Å². The largest absolute Gasteiger partial charge is 0.354 e. The second kappa shape index (κ2) is 7.80. The molecule has 0 bridgehead atoms. The quantitative estimate of drug-likeness (QED) is 0.628. The first-order valence-corrected chi connectivity index (χ1v) is 8.29. The van der Waals surface area contributed by atoms with Crippen LogP contribution in [-0.2, 0) is 0 Å². The zero-order chi connectivity index (χ0) is 18.5. The number of pyridine rings is 1. The number of Topliss-reactive ketones (excluding diaryl/α,β-unsaturated/α-hetero) is 1. The highest BCUT2D eigenvalue weighted by Crippen LogP contribution is 2.19. The van der Waals surface area contributed by atoms with Crippen LogP contribution in [0.4, 0.5) is 17.1 Å². The number of aromatic nitrogens is 1. The van der Waals surface area contributed by atoms with Crippen molar-refractivity contribution in [1.29, 1.82) is 0 Å². The van der Waals surface area contributed by atoms with Crippen LogP contribution >= 0.6 is 11.6 Å². The molecule has 1 amide bonds. The lowest BCUT2D eigenvalue weighted by Gasteiger charge is -2.09. The lowest BCUT2D eigenvalue weighted by Crippen LogP contribution is -2.12. The van der Waals surface area contributed by atoms with Crippen LogP contribution in [0, 0.1) is 0 Å². The average Bonchev–Trinajstić information content (AvgIpc) is 2.64. The first-order valence-electron chi connectivity index (χ1n) is 7.91. The molecule has 0 unspecified atom stereocenters. The highest BCUT2D eigenvalue weighted by Gasteiger charge is 2.08. The van der Waals surface area contributed by atoms with Gasteiger partial charge in [-0.05, 0) is 61.5 Å². The molecular formula is C20H16ClN3O2. The average molecular weight is 366 g/mol. The maximum absolute atomic E-state index is 12.4. The van der Waals surface area contributed by atoms with E-state index in [9.17, 15) is 9.59 Å². The summed E-state index contributed by atoms with van der Waals surface area (Å²) in [5.74, 6) is -0.255. The summed E-state index contributed by atoms with van der Waals surface area (Å²) in [4.78, 5) is 27.8. The van der Waals surface area contributed by atoms with Crippen molar-refractivity contribution < 1.29 is 9.59 Å². The van der Waals surface area contributed by atoms with Crippen molar-refractivity contribution in [2.75, 3.05) is 10.6 Å². The van der Waals surface area contributed by atoms with Gasteiger partial charge in [0.1, 0.15) is 0 Å². The van der Waals surface area contributed by atoms with E-state index in [1.807, 2.05) is 0 Å². The molecule has 6 heteroatoms. The van der Waals surface area contributed by atoms with Gasteiger partial charge in [0.25, 0.3) is 5.91 Å². The van der Waals surface area contributed by atoms with E-state index in [1.165, 1.54) is 13.1 Å². The van der Waals surface area contributed by atoms with Gasteiger partial charge < -0.3 is 10.6 Å². The number of amides is 1. The second-order valence-corrected chi connectivity index (χ2v) is 6.12. The molecule has 0 saturated carbocycles. The van der Waals surface area contributed by atoms with Crippen molar-refractivity contribution in [1.82, 2.24) is 4.98 Å². The molecule has 0 radical (unpaired) electrons. The molecule has 0 saturated heterocycles. The van der Waals surface area contributed by atoms with Crippen LogP contribution in [0.1, 0.15) is 27.6 Å². The summed E-state index contributed by atoms with van der Waals surface area (Å²) < 4.78 is 0. The van der Waals surface area contributed by atoms with E-state index in [1.54, 1.807) is 60.8 Å². The van der Waals surface area contributed by atoms with Gasteiger partial charge in [0.2, 0.25) is 0 Å². The van der Waals surface area contributed by atoms with Gasteiger partial charge in [-0.25, -0.2) is 0 Å². The van der Waals surface area contributed by atoms with Crippen molar-refractivity contribution in [3.8, 4) is 0 Å². The number of benzene rings is 2. The molecule has 5 nitrogen and oxygen atoms in total. The standard InChI is InChI=1S/C20H16ClN3O2/c1-13(25)14-2-6-17(7-3-14)23-19-10-15(11-22-12-19)20(26)24-18-8-4-16(21)5-9-18/h2-12,23H,1H3,(H,24,26). The van der Waals surface area contributed by atoms with E-state index in [0.29, 0.717) is 27.5 Å². The van der Waals surface area contributed by atoms with Crippen LogP contribution in [-0.4, -0.2) is 16.7 Å². The number of ketones is 1. The first-order chi connectivity index (χ1) is 12.5. The van der Waals surface area contributed by atoms with Gasteiger partial charge in [-0.15, -0.1) is 0 Å². The lowest BCUT2D eigenvalue weighted by molar-refractivity contribution is 0.101. The Bertz CT molecular complexity index is 938. The topological polar surface area (TPSA) is 71.1 Å². The zero-order valence-electron chi connectivity index (χ0n) is 14.0. The van der Waals surface area contributed by atoms with Gasteiger partial charge in [-0.2, -0.15) is 0 Å². The van der Waals surface area contributed by atoms with Gasteiger partial charge in [0.05, 0.1) is 17.4 Å². The number of nitrogens with one attached hydrogen (secondary N) is 2. The zero-order valence-corrected chi connectivity index (χ0v) is 14.7. The normalized spacial score (nSPS) is 10.2. The van der Waals surface area contributed by atoms with Gasteiger partial charge in [-0.1, -0.05) is 11.6 Å². The number of rotatable bonds is 5. The number of hydrogen-bond acceptors (Lipinski definition) is 4. The van der Waals surface area contributed by atoms with Crippen LogP contribution in [0.5, 0.6) is 0 Å². The first kappa shape index (κ1) is 17.6. The second-order valence-electron chi connectivity index (χ2n) is 5.68. The Morgan fingerprint density at radius 2 is 1.50 bits per heavy atom. The Hall–Kier alpha value is -3.18. The molecule has 0 aliphatic heterocycles. The summed E-state index contributed by atoms with van der Waals surface area (Å²) in [6.07, 6.45) is 3.12. The lowest BCUT2D eigenvalue weighted by atomic mass is 10.1. The fourth-order valence-electron chi connectivity index (χ4n) is 2.32. The van der Waals surface area contributed by atoms with Crippen LogP contribution < -0.4 is 10.6 Å². The summed E-state index contributed by atoms with van der Waals surface area (Å²) in [7, 11) is 0. The third kappa shape index (κ3) is 4.46. The molecule has 0 atom stereocenters. The minimum absolute atomic E-state index is 0.0130. The number of anilines is 3. The summed E-state index contributed by atoms with van der Waals surface area (Å²) in [5.41, 5.74) is 3.18. The van der Waals surface area contributed by atoms with Gasteiger partial charge in [0, 0.05) is 28.2 Å². The summed E-state index contributed by atoms with van der Waals surface area (Å²) in [5, 5.41) is 6.56. The molecule has 0 fully saturated rings. The highest BCUT2D eigenvalue weighted by atomic mass is 35.5. The molecule has 0 spiro atoms. The molecule has 26 heavy (non-hydrogen) atoms. The monoisotopic (exact) mass is 365 g/mol. The van der Waals surface area contributed by atoms with E-state index in [0.717, 1.165) is 5.69 Å².